The van der Waals surface area contributed by atoms with E-state index < -0.39 is 6.09 Å². The van der Waals surface area contributed by atoms with Crippen molar-refractivity contribution in [3.63, 3.8) is 0 Å². The molecule has 0 spiro atoms. The van der Waals surface area contributed by atoms with Crippen LogP contribution in [0.15, 0.2) is 36.9 Å². The first-order valence-electron chi connectivity index (χ1n) is 10.5. The number of hydrogen-bond acceptors (Lipinski definition) is 7. The van der Waals surface area contributed by atoms with Gasteiger partial charge >= 0.3 is 6.09 Å². The number of anilines is 3. The Kier molecular flexibility index (Phi) is 5.29. The molecule has 1 aliphatic carbocycles. The molecule has 2 aliphatic rings. The van der Waals surface area contributed by atoms with Gasteiger partial charge in [0.15, 0.2) is 5.65 Å². The molecule has 162 valence electrons. The molecule has 5 rings (SSSR count). The molecule has 3 N–H and O–H groups in total. The first-order valence-corrected chi connectivity index (χ1v) is 10.5. The van der Waals surface area contributed by atoms with Crippen LogP contribution in [0.1, 0.15) is 30.7 Å². The third-order valence-corrected chi connectivity index (χ3v) is 6.01. The van der Waals surface area contributed by atoms with Crippen LogP contribution >= 0.6 is 0 Å². The minimum Gasteiger partial charge on any atom is -0.465 e. The molecule has 31 heavy (non-hydrogen) atoms. The van der Waals surface area contributed by atoms with Crippen molar-refractivity contribution in [2.75, 3.05) is 36.5 Å². The van der Waals surface area contributed by atoms with Crippen LogP contribution in [-0.4, -0.2) is 63.1 Å². The highest BCUT2D eigenvalue weighted by Gasteiger charge is 2.28. The topological polar surface area (TPSA) is 117 Å². The fourth-order valence-corrected chi connectivity index (χ4v) is 4.46. The minimum absolute atomic E-state index is 0.0141. The van der Waals surface area contributed by atoms with E-state index in [1.54, 1.807) is 4.52 Å². The van der Waals surface area contributed by atoms with E-state index in [4.69, 9.17) is 9.84 Å². The van der Waals surface area contributed by atoms with E-state index in [-0.39, 0.29) is 12.0 Å². The van der Waals surface area contributed by atoms with E-state index in [9.17, 15) is 4.79 Å². The second-order valence-electron chi connectivity index (χ2n) is 8.00. The molecule has 4 heterocycles. The minimum atomic E-state index is -0.966. The van der Waals surface area contributed by atoms with Crippen LogP contribution in [0.25, 0.3) is 5.65 Å². The molecule has 0 aromatic carbocycles. The Hall–Kier alpha value is -3.40. The fourth-order valence-electron chi connectivity index (χ4n) is 4.46. The number of morpholine rings is 1. The number of hydrogen-bond donors (Lipinski definition) is 3. The maximum absolute atomic E-state index is 11.0. The number of nitrogens with zero attached hydrogens (tertiary/aromatic N) is 5. The maximum atomic E-state index is 11.0. The van der Waals surface area contributed by atoms with Gasteiger partial charge in [0, 0.05) is 25.3 Å². The van der Waals surface area contributed by atoms with Gasteiger partial charge in [0.1, 0.15) is 12.1 Å². The number of aromatic nitrogens is 4. The molecular weight excluding hydrogens is 398 g/mol. The third-order valence-electron chi connectivity index (χ3n) is 6.01. The standard InChI is InChI=1S/C21H25N7O3/c29-21(30)25-16-2-1-14(9-16)15-10-18(20-23-13-24-28(20)12-15)26-19-4-3-17(11-22-19)27-5-7-31-8-6-27/h3-4,10-14,16,25H,1-2,5-9H2,(H,22,26)(H,29,30). The van der Waals surface area contributed by atoms with Crippen molar-refractivity contribution in [2.45, 2.75) is 31.2 Å². The Bertz CT molecular complexity index is 1060. The van der Waals surface area contributed by atoms with Crippen molar-refractivity contribution in [1.82, 2.24) is 24.9 Å². The normalized spacial score (nSPS) is 21.4. The second-order valence-corrected chi connectivity index (χ2v) is 8.00. The van der Waals surface area contributed by atoms with E-state index >= 15 is 0 Å². The van der Waals surface area contributed by atoms with Gasteiger partial charge in [-0.2, -0.15) is 5.10 Å². The molecule has 10 heteroatoms. The first kappa shape index (κ1) is 19.6. The molecule has 3 aromatic rings. The summed E-state index contributed by atoms with van der Waals surface area (Å²) < 4.78 is 7.17. The van der Waals surface area contributed by atoms with Crippen molar-refractivity contribution >= 4 is 28.9 Å². The molecule has 0 bridgehead atoms. The van der Waals surface area contributed by atoms with Crippen LogP contribution in [0, 0.1) is 0 Å². The smallest absolute Gasteiger partial charge is 0.404 e. The fraction of sp³-hybridized carbons (Fsp3) is 0.429. The van der Waals surface area contributed by atoms with Gasteiger partial charge in [-0.15, -0.1) is 0 Å². The highest BCUT2D eigenvalue weighted by molar-refractivity contribution is 5.73. The summed E-state index contributed by atoms with van der Waals surface area (Å²) in [4.78, 5) is 22.2. The van der Waals surface area contributed by atoms with Gasteiger partial charge < -0.3 is 25.4 Å². The van der Waals surface area contributed by atoms with E-state index in [1.807, 2.05) is 18.5 Å². The lowest BCUT2D eigenvalue weighted by Gasteiger charge is -2.28. The predicted octanol–water partition coefficient (Wildman–Crippen LogP) is 2.61. The molecule has 2 fully saturated rings. The molecule has 1 aliphatic heterocycles. The molecule has 3 aromatic heterocycles. The number of ether oxygens (including phenoxy) is 1. The van der Waals surface area contributed by atoms with Gasteiger partial charge in [0.2, 0.25) is 0 Å². The van der Waals surface area contributed by atoms with Crippen LogP contribution in [0.5, 0.6) is 0 Å². The van der Waals surface area contributed by atoms with Crippen LogP contribution in [0.2, 0.25) is 0 Å². The zero-order valence-corrected chi connectivity index (χ0v) is 17.1. The van der Waals surface area contributed by atoms with Crippen LogP contribution in [0.4, 0.5) is 22.0 Å². The molecule has 10 nitrogen and oxygen atoms in total. The van der Waals surface area contributed by atoms with E-state index in [0.717, 1.165) is 74.0 Å². The summed E-state index contributed by atoms with van der Waals surface area (Å²) in [5.41, 5.74) is 3.75. The zero-order chi connectivity index (χ0) is 21.2. The summed E-state index contributed by atoms with van der Waals surface area (Å²) in [6, 6.07) is 6.09. The number of carbonyl (C=O) groups is 1. The summed E-state index contributed by atoms with van der Waals surface area (Å²) in [5, 5.41) is 19.3. The number of nitrogens with one attached hydrogen (secondary N) is 2. The Morgan fingerprint density at radius 1 is 1.19 bits per heavy atom. The number of pyridine rings is 2. The SMILES string of the molecule is O=C(O)NC1CCC(c2cc(Nc3ccc(N4CCOCC4)cn3)c3ncnn3c2)C1. The van der Waals surface area contributed by atoms with Crippen molar-refractivity contribution in [1.29, 1.82) is 0 Å². The largest absolute Gasteiger partial charge is 0.465 e. The zero-order valence-electron chi connectivity index (χ0n) is 17.1. The third kappa shape index (κ3) is 4.24. The van der Waals surface area contributed by atoms with Crippen LogP contribution in [0.3, 0.4) is 0 Å². The molecule has 0 radical (unpaired) electrons. The van der Waals surface area contributed by atoms with E-state index in [2.05, 4.69) is 42.7 Å². The van der Waals surface area contributed by atoms with Crippen molar-refractivity contribution in [2.24, 2.45) is 0 Å². The van der Waals surface area contributed by atoms with Gasteiger partial charge in [-0.25, -0.2) is 19.3 Å². The summed E-state index contributed by atoms with van der Waals surface area (Å²) in [6.45, 7) is 3.22. The number of carboxylic acid groups (broad SMARTS) is 1. The quantitative estimate of drug-likeness (QED) is 0.573. The molecular formula is C21H25N7O3. The average Bonchev–Trinajstić information content (AvgIpc) is 3.44. The Labute approximate surface area is 179 Å². The lowest BCUT2D eigenvalue weighted by atomic mass is 9.98. The maximum Gasteiger partial charge on any atom is 0.404 e. The molecule has 1 saturated carbocycles. The highest BCUT2D eigenvalue weighted by atomic mass is 16.5. The van der Waals surface area contributed by atoms with E-state index in [1.165, 1.54) is 6.33 Å². The molecule has 1 saturated heterocycles. The van der Waals surface area contributed by atoms with Crippen LogP contribution < -0.4 is 15.5 Å². The summed E-state index contributed by atoms with van der Waals surface area (Å²) >= 11 is 0. The summed E-state index contributed by atoms with van der Waals surface area (Å²) in [5.74, 6) is 0.999. The lowest BCUT2D eigenvalue weighted by molar-refractivity contribution is 0.122. The Morgan fingerprint density at radius 3 is 2.84 bits per heavy atom. The number of fused-ring (bicyclic) bond motifs is 1. The van der Waals surface area contributed by atoms with Gasteiger partial charge in [0.25, 0.3) is 0 Å². The summed E-state index contributed by atoms with van der Waals surface area (Å²) in [6.07, 6.45) is 6.96. The van der Waals surface area contributed by atoms with Crippen molar-refractivity contribution in [3.05, 3.63) is 42.5 Å². The first-order chi connectivity index (χ1) is 15.2. The Balaban J connectivity index is 1.36. The monoisotopic (exact) mass is 423 g/mol. The Morgan fingerprint density at radius 2 is 2.06 bits per heavy atom. The van der Waals surface area contributed by atoms with E-state index in [0.29, 0.717) is 0 Å². The van der Waals surface area contributed by atoms with Crippen LogP contribution in [-0.2, 0) is 4.74 Å². The average molecular weight is 423 g/mol. The molecule has 1 amide bonds. The molecule has 2 unspecified atom stereocenters. The van der Waals surface area contributed by atoms with Gasteiger partial charge in [0.05, 0.1) is 30.8 Å². The number of rotatable bonds is 5. The van der Waals surface area contributed by atoms with Crippen molar-refractivity contribution < 1.29 is 14.6 Å². The number of amides is 1. The lowest BCUT2D eigenvalue weighted by Crippen LogP contribution is -2.36. The molecule has 2 atom stereocenters. The van der Waals surface area contributed by atoms with Crippen molar-refractivity contribution in [3.8, 4) is 0 Å². The highest BCUT2D eigenvalue weighted by Crippen LogP contribution is 2.36. The second kappa shape index (κ2) is 8.38. The van der Waals surface area contributed by atoms with Gasteiger partial charge in [-0.1, -0.05) is 0 Å². The predicted molar refractivity (Wildman–Crippen MR) is 115 cm³/mol. The summed E-state index contributed by atoms with van der Waals surface area (Å²) in [7, 11) is 0. The van der Waals surface area contributed by atoms with Gasteiger partial charge in [-0.3, -0.25) is 0 Å². The van der Waals surface area contributed by atoms with Gasteiger partial charge in [-0.05, 0) is 48.9 Å².